The predicted molar refractivity (Wildman–Crippen MR) is 180 cm³/mol. The zero-order valence-corrected chi connectivity index (χ0v) is 29.1. The van der Waals surface area contributed by atoms with E-state index in [1.54, 1.807) is 49.9 Å². The summed E-state index contributed by atoms with van der Waals surface area (Å²) < 4.78 is 62.5. The number of amides is 2. The second-order valence-corrected chi connectivity index (χ2v) is 14.6. The average Bonchev–Trinajstić information content (AvgIpc) is 3.38. The summed E-state index contributed by atoms with van der Waals surface area (Å²) >= 11 is 0. The normalized spacial score (nSPS) is 17.0. The maximum Gasteiger partial charge on any atom is 0.422 e. The number of nitrogens with zero attached hydrogens (tertiary/aromatic N) is 1. The van der Waals surface area contributed by atoms with Gasteiger partial charge in [0.05, 0.1) is 32.1 Å². The van der Waals surface area contributed by atoms with Gasteiger partial charge in [-0.3, -0.25) is 4.72 Å². The van der Waals surface area contributed by atoms with Crippen LogP contribution in [-0.2, 0) is 48.8 Å². The van der Waals surface area contributed by atoms with Crippen molar-refractivity contribution in [1.82, 2.24) is 9.62 Å². The quantitative estimate of drug-likeness (QED) is 0.208. The molecular weight excluding hydrogens is 654 g/mol. The third-order valence-electron chi connectivity index (χ3n) is 7.43. The second kappa shape index (κ2) is 14.9. The molecule has 0 aromatic heterocycles. The molecule has 0 saturated carbocycles. The molecule has 1 atom stereocenters. The molecule has 3 aromatic carbocycles. The van der Waals surface area contributed by atoms with Gasteiger partial charge in [0.25, 0.3) is 0 Å². The van der Waals surface area contributed by atoms with Crippen molar-refractivity contribution in [3.63, 3.8) is 0 Å². The van der Waals surface area contributed by atoms with Gasteiger partial charge in [0.2, 0.25) is 5.79 Å². The molecule has 0 unspecified atom stereocenters. The number of hydrogen-bond acceptors (Lipinski definition) is 10. The summed E-state index contributed by atoms with van der Waals surface area (Å²) in [6, 6.07) is 20.1. The van der Waals surface area contributed by atoms with E-state index in [9.17, 15) is 18.0 Å². The third-order valence-corrected chi connectivity index (χ3v) is 8.37. The summed E-state index contributed by atoms with van der Waals surface area (Å²) in [5, 5.41) is 0. The van der Waals surface area contributed by atoms with Crippen LogP contribution >= 0.6 is 0 Å². The maximum atomic E-state index is 12.6. The number of benzene rings is 3. The van der Waals surface area contributed by atoms with Gasteiger partial charge in [-0.15, -0.1) is 0 Å². The van der Waals surface area contributed by atoms with Crippen LogP contribution in [0.15, 0.2) is 66.7 Å². The lowest BCUT2D eigenvalue weighted by Gasteiger charge is -2.32. The fourth-order valence-corrected chi connectivity index (χ4v) is 5.91. The van der Waals surface area contributed by atoms with E-state index in [2.05, 4.69) is 4.72 Å². The van der Waals surface area contributed by atoms with Crippen LogP contribution in [0.3, 0.4) is 0 Å². The lowest BCUT2D eigenvalue weighted by atomic mass is 10.0. The third kappa shape index (κ3) is 10.7. The molecule has 264 valence electrons. The van der Waals surface area contributed by atoms with Crippen molar-refractivity contribution in [2.75, 3.05) is 31.0 Å². The van der Waals surface area contributed by atoms with Gasteiger partial charge in [-0.1, -0.05) is 30.3 Å². The molecule has 1 fully saturated rings. The molecule has 2 aliphatic heterocycles. The van der Waals surface area contributed by atoms with Gasteiger partial charge in [0.15, 0.2) is 0 Å². The Morgan fingerprint density at radius 2 is 1.80 bits per heavy atom. The number of cyclic esters (lactones) is 1. The lowest BCUT2D eigenvalue weighted by Crippen LogP contribution is -2.39. The molecule has 0 bridgehead atoms. The van der Waals surface area contributed by atoms with Crippen molar-refractivity contribution < 1.29 is 46.4 Å². The zero-order valence-electron chi connectivity index (χ0n) is 28.3. The number of hydrogen-bond donors (Lipinski definition) is 2. The smallest absolute Gasteiger partial charge is 0.422 e. The molecule has 13 nitrogen and oxygen atoms in total. The van der Waals surface area contributed by atoms with Crippen LogP contribution in [0, 0.1) is 0 Å². The first-order chi connectivity index (χ1) is 23.1. The molecule has 0 aliphatic carbocycles. The molecule has 3 aromatic rings. The minimum Gasteiger partial charge on any atom is -0.491 e. The van der Waals surface area contributed by atoms with Crippen LogP contribution in [0.5, 0.6) is 11.5 Å². The van der Waals surface area contributed by atoms with Gasteiger partial charge in [-0.05, 0) is 80.3 Å². The Hall–Kier alpha value is -4.53. The Morgan fingerprint density at radius 3 is 2.55 bits per heavy atom. The molecule has 0 spiro atoms. The summed E-state index contributed by atoms with van der Waals surface area (Å²) in [5.74, 6) is 0.803. The summed E-state index contributed by atoms with van der Waals surface area (Å²) in [7, 11) is -4.18. The van der Waals surface area contributed by atoms with E-state index < -0.39 is 27.7 Å². The highest BCUT2D eigenvalue weighted by Gasteiger charge is 2.34. The van der Waals surface area contributed by atoms with Gasteiger partial charge in [0.1, 0.15) is 29.8 Å². The number of anilines is 1. The van der Waals surface area contributed by atoms with Crippen LogP contribution in [-0.4, -0.2) is 63.2 Å². The largest absolute Gasteiger partial charge is 0.491 e. The van der Waals surface area contributed by atoms with Crippen LogP contribution in [0.25, 0.3) is 0 Å². The van der Waals surface area contributed by atoms with Crippen LogP contribution in [0.2, 0.25) is 0 Å². The van der Waals surface area contributed by atoms with E-state index in [1.807, 2.05) is 61.0 Å². The van der Waals surface area contributed by atoms with E-state index in [0.717, 1.165) is 28.0 Å². The predicted octanol–water partition coefficient (Wildman–Crippen LogP) is 5.84. The molecule has 14 heteroatoms. The number of ether oxygens (including phenoxy) is 6. The van der Waals surface area contributed by atoms with Crippen molar-refractivity contribution in [2.24, 2.45) is 0 Å². The fourth-order valence-electron chi connectivity index (χ4n) is 5.16. The Balaban J connectivity index is 1.00. The molecule has 0 radical (unpaired) electrons. The van der Waals surface area contributed by atoms with E-state index in [4.69, 9.17) is 28.4 Å². The van der Waals surface area contributed by atoms with Crippen molar-refractivity contribution in [2.45, 2.75) is 71.7 Å². The van der Waals surface area contributed by atoms with Gasteiger partial charge < -0.3 is 33.3 Å². The zero-order chi connectivity index (χ0) is 35.2. The number of rotatable bonds is 13. The van der Waals surface area contributed by atoms with Gasteiger partial charge >= 0.3 is 22.4 Å². The molecule has 2 N–H and O–H groups in total. The minimum absolute atomic E-state index is 0.227. The first-order valence-corrected chi connectivity index (χ1v) is 17.4. The molecule has 2 heterocycles. The molecule has 2 amide bonds. The van der Waals surface area contributed by atoms with E-state index >= 15 is 0 Å². The SMILES string of the molecule is CC(C)(C)OC(=O)NS(=O)(=O)Nc1cccc(COCCOc2ccc(CCN3C[C@@H](c4ccc5c(c4)COC(C)(C)O5)OC3=O)cc2)c1. The highest BCUT2D eigenvalue weighted by molar-refractivity contribution is 7.91. The summed E-state index contributed by atoms with van der Waals surface area (Å²) in [6.45, 7) is 10.9. The highest BCUT2D eigenvalue weighted by Crippen LogP contribution is 2.35. The average molecular weight is 698 g/mol. The van der Waals surface area contributed by atoms with Crippen LogP contribution < -0.4 is 18.9 Å². The van der Waals surface area contributed by atoms with Crippen LogP contribution in [0.4, 0.5) is 15.3 Å². The van der Waals surface area contributed by atoms with Crippen molar-refractivity contribution in [3.8, 4) is 11.5 Å². The molecule has 49 heavy (non-hydrogen) atoms. The second-order valence-electron chi connectivity index (χ2n) is 13.2. The summed E-state index contributed by atoms with van der Waals surface area (Å²) in [5.41, 5.74) is 3.06. The van der Waals surface area contributed by atoms with Gasteiger partial charge in [0, 0.05) is 26.0 Å². The monoisotopic (exact) mass is 697 g/mol. The maximum absolute atomic E-state index is 12.6. The van der Waals surface area contributed by atoms with Crippen molar-refractivity contribution >= 4 is 28.1 Å². The Morgan fingerprint density at radius 1 is 1.02 bits per heavy atom. The van der Waals surface area contributed by atoms with Crippen molar-refractivity contribution in [3.05, 3.63) is 89.0 Å². The fraction of sp³-hybridized carbons (Fsp3) is 0.429. The molecular formula is C35H43N3O10S. The first-order valence-electron chi connectivity index (χ1n) is 16.0. The number of fused-ring (bicyclic) bond motifs is 1. The Kier molecular flexibility index (Phi) is 10.9. The lowest BCUT2D eigenvalue weighted by molar-refractivity contribution is -0.180. The summed E-state index contributed by atoms with van der Waals surface area (Å²) in [6.07, 6.45) is -1.09. The Labute approximate surface area is 286 Å². The minimum atomic E-state index is -4.18. The van der Waals surface area contributed by atoms with Crippen molar-refractivity contribution in [1.29, 1.82) is 0 Å². The molecule has 2 aliphatic rings. The van der Waals surface area contributed by atoms with Gasteiger partial charge in [-0.25, -0.2) is 14.3 Å². The van der Waals surface area contributed by atoms with E-state index in [0.29, 0.717) is 45.1 Å². The summed E-state index contributed by atoms with van der Waals surface area (Å²) in [4.78, 5) is 26.1. The molecule has 1 saturated heterocycles. The standard InChI is InChI=1S/C35H43N3O10S/c1-34(2,3)48-32(39)37-49(41,42)36-28-8-6-7-25(19-28)22-43-17-18-44-29-12-9-24(10-13-29)15-16-38-21-31(46-33(38)40)26-11-14-30-27(20-26)23-45-35(4,5)47-30/h6-14,19-20,31,36H,15-18,21-23H2,1-5H3,(H,37,39)/t31-/m0/s1. The van der Waals surface area contributed by atoms with E-state index in [-0.39, 0.29) is 24.5 Å². The highest BCUT2D eigenvalue weighted by atomic mass is 32.2. The van der Waals surface area contributed by atoms with E-state index in [1.165, 1.54) is 0 Å². The van der Waals surface area contributed by atoms with Gasteiger partial charge in [-0.2, -0.15) is 8.42 Å². The Bertz CT molecular complexity index is 1740. The van der Waals surface area contributed by atoms with Crippen LogP contribution in [0.1, 0.15) is 63.0 Å². The number of carbonyl (C=O) groups excluding carboxylic acids is 2. The topological polar surface area (TPSA) is 151 Å². The molecule has 5 rings (SSSR count). The first kappa shape index (κ1) is 35.8. The number of nitrogens with one attached hydrogen (secondary N) is 2. The number of carbonyl (C=O) groups is 2.